The molecule has 0 saturated heterocycles. The van der Waals surface area contributed by atoms with Gasteiger partial charge in [-0.25, -0.2) is 19.2 Å². The fourth-order valence-corrected chi connectivity index (χ4v) is 4.86. The Hall–Kier alpha value is -2.92. The van der Waals surface area contributed by atoms with E-state index in [9.17, 15) is 19.2 Å². The van der Waals surface area contributed by atoms with Gasteiger partial charge in [0, 0.05) is 15.1 Å². The number of carboxylic acid groups (broad SMARTS) is 4. The summed E-state index contributed by atoms with van der Waals surface area (Å²) in [5, 5.41) is 36.0. The SMILES string of the molecule is O=C(O)c1c(Cl)cc(Cl)cc1Cl.O=C(O)c1c(Cl)cccc1Cl.O=C(O)c1ccc(Cl)cc1.O=C(O)c1ccc(Cl)cc1Cl. The third kappa shape index (κ3) is 13.0. The Kier molecular flexibility index (Phi) is 16.7. The van der Waals surface area contributed by atoms with Crippen LogP contribution in [-0.4, -0.2) is 44.3 Å². The van der Waals surface area contributed by atoms with Gasteiger partial charge in [-0.15, -0.1) is 0 Å². The molecule has 0 bridgehead atoms. The minimum Gasteiger partial charge on any atom is -0.478 e. The number of aromatic carboxylic acids is 4. The number of hydrogen-bond acceptors (Lipinski definition) is 4. The summed E-state index contributed by atoms with van der Waals surface area (Å²) >= 11 is 44.5. The van der Waals surface area contributed by atoms with Crippen LogP contribution in [0.4, 0.5) is 0 Å². The number of benzene rings is 4. The molecule has 0 aliphatic rings. The molecule has 8 nitrogen and oxygen atoms in total. The van der Waals surface area contributed by atoms with Gasteiger partial charge in [0.1, 0.15) is 0 Å². The molecule has 0 heterocycles. The quantitative estimate of drug-likeness (QED) is 0.160. The number of hydrogen-bond donors (Lipinski definition) is 4. The summed E-state index contributed by atoms with van der Waals surface area (Å²) in [5.74, 6) is -4.26. The largest absolute Gasteiger partial charge is 0.478 e. The minimum absolute atomic E-state index is 0.0417. The highest BCUT2D eigenvalue weighted by Gasteiger charge is 2.14. The summed E-state index contributed by atoms with van der Waals surface area (Å²) < 4.78 is 0. The summed E-state index contributed by atoms with van der Waals surface area (Å²) in [7, 11) is 0. The van der Waals surface area contributed by atoms with Crippen LogP contribution in [0.25, 0.3) is 0 Å². The van der Waals surface area contributed by atoms with Gasteiger partial charge in [0.2, 0.25) is 0 Å². The molecule has 0 atom stereocenters. The van der Waals surface area contributed by atoms with E-state index in [4.69, 9.17) is 113 Å². The molecule has 0 aromatic heterocycles. The van der Waals surface area contributed by atoms with Gasteiger partial charge in [0.15, 0.2) is 0 Å². The lowest BCUT2D eigenvalue weighted by Crippen LogP contribution is -1.98. The van der Waals surface area contributed by atoms with Gasteiger partial charge in [-0.3, -0.25) is 0 Å². The molecule has 0 aliphatic heterocycles. The number of rotatable bonds is 4. The lowest BCUT2D eigenvalue weighted by atomic mass is 10.2. The van der Waals surface area contributed by atoms with Crippen molar-refractivity contribution in [3.05, 3.63) is 135 Å². The molecule has 4 aromatic rings. The van der Waals surface area contributed by atoms with E-state index >= 15 is 0 Å². The Balaban J connectivity index is 0.000000294. The van der Waals surface area contributed by atoms with Gasteiger partial charge < -0.3 is 20.4 Å². The molecule has 0 radical (unpaired) electrons. The van der Waals surface area contributed by atoms with Crippen LogP contribution in [0, 0.1) is 0 Å². The van der Waals surface area contributed by atoms with Crippen molar-refractivity contribution in [2.45, 2.75) is 0 Å². The van der Waals surface area contributed by atoms with Crippen molar-refractivity contribution in [3.8, 4) is 0 Å². The number of halogens is 8. The van der Waals surface area contributed by atoms with Gasteiger partial charge in [0.05, 0.1) is 47.4 Å². The summed E-state index contributed by atoms with van der Waals surface area (Å²) in [4.78, 5) is 41.7. The molecule has 16 heteroatoms. The molecule has 0 fully saturated rings. The first-order chi connectivity index (χ1) is 20.5. The Morgan fingerprint density at radius 2 is 0.818 bits per heavy atom. The van der Waals surface area contributed by atoms with Crippen LogP contribution in [0.2, 0.25) is 40.2 Å². The molecule has 0 saturated carbocycles. The zero-order chi connectivity index (χ0) is 33.7. The van der Waals surface area contributed by atoms with Gasteiger partial charge in [-0.2, -0.15) is 0 Å². The van der Waals surface area contributed by atoms with E-state index in [1.54, 1.807) is 18.2 Å². The molecular weight excluding hydrogens is 748 g/mol. The zero-order valence-electron chi connectivity index (χ0n) is 21.4. The van der Waals surface area contributed by atoms with Crippen molar-refractivity contribution in [1.82, 2.24) is 0 Å². The lowest BCUT2D eigenvalue weighted by Gasteiger charge is -2.01. The maximum Gasteiger partial charge on any atom is 0.338 e. The van der Waals surface area contributed by atoms with Gasteiger partial charge in [-0.05, 0) is 66.7 Å². The Bertz CT molecular complexity index is 1620. The van der Waals surface area contributed by atoms with E-state index in [-0.39, 0.29) is 47.4 Å². The summed E-state index contributed by atoms with van der Waals surface area (Å²) in [6, 6.07) is 17.5. The highest BCUT2D eigenvalue weighted by atomic mass is 35.5. The minimum atomic E-state index is -1.17. The van der Waals surface area contributed by atoms with Crippen LogP contribution >= 0.6 is 92.8 Å². The molecule has 44 heavy (non-hydrogen) atoms. The molecule has 0 spiro atoms. The molecule has 0 amide bonds. The molecule has 0 aliphatic carbocycles. The summed E-state index contributed by atoms with van der Waals surface area (Å²) in [6.45, 7) is 0. The molecule has 4 aromatic carbocycles. The molecule has 4 N–H and O–H groups in total. The second kappa shape index (κ2) is 18.8. The third-order valence-electron chi connectivity index (χ3n) is 4.65. The van der Waals surface area contributed by atoms with Crippen LogP contribution in [-0.2, 0) is 0 Å². The Labute approximate surface area is 289 Å². The predicted molar refractivity (Wildman–Crippen MR) is 174 cm³/mol. The van der Waals surface area contributed by atoms with Crippen molar-refractivity contribution < 1.29 is 39.6 Å². The number of carbonyl (C=O) groups is 4. The smallest absolute Gasteiger partial charge is 0.338 e. The van der Waals surface area contributed by atoms with E-state index in [1.165, 1.54) is 54.6 Å². The standard InChI is InChI=1S/C7H3Cl3O2.2C7H4Cl2O2.C7H5ClO2/c8-3-1-4(9)6(7(11)12)5(10)2-3;8-4-1-2-5(7(10)11)6(9)3-4;8-4-2-1-3-5(9)6(4)7(10)11;8-6-3-1-5(2-4-6)7(9)10/h1-2H,(H,11,12);2*1-3H,(H,10,11);1-4H,(H,9,10). The highest BCUT2D eigenvalue weighted by molar-refractivity contribution is 6.42. The van der Waals surface area contributed by atoms with E-state index < -0.39 is 23.9 Å². The van der Waals surface area contributed by atoms with Gasteiger partial charge >= 0.3 is 23.9 Å². The molecular formula is C28H16Cl8O8. The zero-order valence-corrected chi connectivity index (χ0v) is 27.4. The average Bonchev–Trinajstić information content (AvgIpc) is 2.89. The van der Waals surface area contributed by atoms with Crippen LogP contribution < -0.4 is 0 Å². The van der Waals surface area contributed by atoms with Crippen molar-refractivity contribution in [2.24, 2.45) is 0 Å². The van der Waals surface area contributed by atoms with Crippen molar-refractivity contribution in [1.29, 1.82) is 0 Å². The second-order valence-corrected chi connectivity index (χ2v) is 11.0. The van der Waals surface area contributed by atoms with Crippen LogP contribution in [0.5, 0.6) is 0 Å². The first-order valence-corrected chi connectivity index (χ1v) is 14.2. The first-order valence-electron chi connectivity index (χ1n) is 11.2. The monoisotopic (exact) mass is 760 g/mol. The average molecular weight is 764 g/mol. The Morgan fingerprint density at radius 1 is 0.409 bits per heavy atom. The van der Waals surface area contributed by atoms with Crippen molar-refractivity contribution in [2.75, 3.05) is 0 Å². The van der Waals surface area contributed by atoms with Crippen LogP contribution in [0.3, 0.4) is 0 Å². The number of carboxylic acids is 4. The van der Waals surface area contributed by atoms with Crippen LogP contribution in [0.1, 0.15) is 41.4 Å². The normalized spacial score (nSPS) is 9.64. The first kappa shape index (κ1) is 39.1. The molecule has 0 unspecified atom stereocenters. The van der Waals surface area contributed by atoms with E-state index in [0.717, 1.165) is 0 Å². The fourth-order valence-electron chi connectivity index (χ4n) is 2.70. The highest BCUT2D eigenvalue weighted by Crippen LogP contribution is 2.28. The topological polar surface area (TPSA) is 149 Å². The van der Waals surface area contributed by atoms with Gasteiger partial charge in [0.25, 0.3) is 0 Å². The van der Waals surface area contributed by atoms with E-state index in [1.807, 2.05) is 0 Å². The Morgan fingerprint density at radius 3 is 1.18 bits per heavy atom. The summed E-state index contributed by atoms with van der Waals surface area (Å²) in [6.07, 6.45) is 0. The van der Waals surface area contributed by atoms with E-state index in [2.05, 4.69) is 0 Å². The third-order valence-corrected chi connectivity index (χ3v) is 6.89. The molecule has 232 valence electrons. The fraction of sp³-hybridized carbons (Fsp3) is 0. The van der Waals surface area contributed by atoms with Crippen LogP contribution in [0.15, 0.2) is 72.8 Å². The predicted octanol–water partition coefficient (Wildman–Crippen LogP) is 10.8. The maximum atomic E-state index is 10.5. The summed E-state index contributed by atoms with van der Waals surface area (Å²) in [5.41, 5.74) is 0.152. The van der Waals surface area contributed by atoms with Crippen molar-refractivity contribution >= 4 is 117 Å². The maximum absolute atomic E-state index is 10.5. The second-order valence-electron chi connectivity index (χ2n) is 7.69. The van der Waals surface area contributed by atoms with Gasteiger partial charge in [-0.1, -0.05) is 98.9 Å². The molecule has 4 rings (SSSR count). The lowest BCUT2D eigenvalue weighted by molar-refractivity contribution is 0.0686. The van der Waals surface area contributed by atoms with E-state index in [0.29, 0.717) is 15.1 Å². The van der Waals surface area contributed by atoms with Crippen molar-refractivity contribution in [3.63, 3.8) is 0 Å².